The molecule has 5 nitrogen and oxygen atoms in total. The van der Waals surface area contributed by atoms with Crippen LogP contribution in [-0.4, -0.2) is 23.1 Å². The first-order valence-corrected chi connectivity index (χ1v) is 9.17. The maximum Gasteiger partial charge on any atom is 0.338 e. The van der Waals surface area contributed by atoms with E-state index in [0.29, 0.717) is 16.2 Å². The lowest BCUT2D eigenvalue weighted by atomic mass is 9.98. The van der Waals surface area contributed by atoms with Crippen molar-refractivity contribution in [2.45, 2.75) is 76.4 Å². The van der Waals surface area contributed by atoms with Gasteiger partial charge in [0.15, 0.2) is 6.10 Å². The van der Waals surface area contributed by atoms with Gasteiger partial charge in [-0.2, -0.15) is 0 Å². The molecule has 0 heterocycles. The Bertz CT molecular complexity index is 506. The highest BCUT2D eigenvalue weighted by atomic mass is 16.8. The van der Waals surface area contributed by atoms with Crippen LogP contribution in [0.3, 0.4) is 0 Å². The van der Waals surface area contributed by atoms with E-state index in [1.807, 2.05) is 0 Å². The molecular weight excluding hydrogens is 306 g/mol. The average Bonchev–Trinajstić information content (AvgIpc) is 2.63. The second-order valence-electron chi connectivity index (χ2n) is 6.83. The van der Waals surface area contributed by atoms with Gasteiger partial charge in [0.2, 0.25) is 0 Å². The van der Waals surface area contributed by atoms with Crippen molar-refractivity contribution in [3.63, 3.8) is 0 Å². The van der Waals surface area contributed by atoms with Crippen LogP contribution in [0.4, 0.5) is 5.69 Å². The lowest BCUT2D eigenvalue weighted by molar-refractivity contribution is -0.757. The summed E-state index contributed by atoms with van der Waals surface area (Å²) in [5.74, 6) is -0.306. The van der Waals surface area contributed by atoms with E-state index in [1.165, 1.54) is 12.8 Å². The smallest absolute Gasteiger partial charge is 0.338 e. The summed E-state index contributed by atoms with van der Waals surface area (Å²) in [6, 6.07) is 6.51. The van der Waals surface area contributed by atoms with E-state index in [2.05, 4.69) is 0 Å². The van der Waals surface area contributed by atoms with Gasteiger partial charge in [0.1, 0.15) is 6.10 Å². The number of carbonyl (C=O) groups is 1. The van der Waals surface area contributed by atoms with Crippen molar-refractivity contribution in [1.82, 2.24) is 0 Å². The molecule has 5 heteroatoms. The van der Waals surface area contributed by atoms with Crippen LogP contribution in [0.1, 0.15) is 74.6 Å². The number of benzene rings is 1. The van der Waals surface area contributed by atoms with Crippen LogP contribution in [0.25, 0.3) is 0 Å². The Kier molecular flexibility index (Phi) is 5.83. The summed E-state index contributed by atoms with van der Waals surface area (Å²) in [7, 11) is 0. The van der Waals surface area contributed by atoms with E-state index in [4.69, 9.17) is 9.57 Å². The number of carbonyl (C=O) groups excluding carboxylic acids is 1. The molecular formula is C19H26NO4+. The summed E-state index contributed by atoms with van der Waals surface area (Å²) in [5.41, 5.74) is 0.894. The summed E-state index contributed by atoms with van der Waals surface area (Å²) < 4.78 is 5.54. The molecule has 0 unspecified atom stereocenters. The van der Waals surface area contributed by atoms with Gasteiger partial charge >= 0.3 is 11.7 Å². The van der Waals surface area contributed by atoms with Crippen molar-refractivity contribution in [2.24, 2.45) is 0 Å². The number of hydrogen-bond donors (Lipinski definition) is 0. The number of nitrogens with zero attached hydrogens (tertiary/aromatic N) is 1. The van der Waals surface area contributed by atoms with Crippen LogP contribution in [0.2, 0.25) is 0 Å². The molecule has 0 amide bonds. The third-order valence-electron chi connectivity index (χ3n) is 4.94. The summed E-state index contributed by atoms with van der Waals surface area (Å²) in [5, 5.41) is 0. The highest BCUT2D eigenvalue weighted by molar-refractivity contribution is 5.89. The average molecular weight is 332 g/mol. The number of hydrogen-bond acceptors (Lipinski definition) is 4. The number of esters is 1. The normalized spacial score (nSPS) is 19.7. The Morgan fingerprint density at radius 1 is 0.833 bits per heavy atom. The molecule has 2 saturated carbocycles. The van der Waals surface area contributed by atoms with Gasteiger partial charge in [0.25, 0.3) is 4.92 Å². The summed E-state index contributed by atoms with van der Waals surface area (Å²) in [4.78, 5) is 30.3. The Morgan fingerprint density at radius 2 is 1.38 bits per heavy atom. The fourth-order valence-corrected chi connectivity index (χ4v) is 3.49. The summed E-state index contributed by atoms with van der Waals surface area (Å²) >= 11 is 0. The topological polar surface area (TPSA) is 55.6 Å². The molecule has 0 saturated heterocycles. The van der Waals surface area contributed by atoms with Gasteiger partial charge in [0.05, 0.1) is 10.5 Å². The minimum Gasteiger partial charge on any atom is -0.459 e. The standard InChI is InChI=1S/C19H26NO4/c21-19(23-17-7-3-1-4-8-17)15-11-13-16(14-12-15)20(22)24-18-9-5-2-6-10-18/h11-14,17-18H,1-10H2/q+1. The first-order chi connectivity index (χ1) is 11.7. The second kappa shape index (κ2) is 8.27. The van der Waals surface area contributed by atoms with E-state index in [0.717, 1.165) is 51.4 Å². The third-order valence-corrected chi connectivity index (χ3v) is 4.94. The van der Waals surface area contributed by atoms with E-state index in [-0.39, 0.29) is 18.2 Å². The van der Waals surface area contributed by atoms with Crippen LogP contribution < -0.4 is 0 Å². The van der Waals surface area contributed by atoms with Crippen molar-refractivity contribution >= 4 is 11.7 Å². The van der Waals surface area contributed by atoms with Gasteiger partial charge in [-0.1, -0.05) is 12.8 Å². The number of rotatable bonds is 5. The SMILES string of the molecule is O=C(OC1CCCCC1)c1ccc([N+](=O)OC2CCCCC2)cc1. The van der Waals surface area contributed by atoms with Crippen LogP contribution >= 0.6 is 0 Å². The predicted molar refractivity (Wildman–Crippen MR) is 90.0 cm³/mol. The molecule has 1 aromatic rings. The minimum absolute atomic E-state index is 0.00666. The monoisotopic (exact) mass is 332 g/mol. The van der Waals surface area contributed by atoms with Gasteiger partial charge in [0, 0.05) is 12.1 Å². The minimum atomic E-state index is -0.306. The number of ether oxygens (including phenoxy) is 1. The molecule has 3 rings (SSSR count). The van der Waals surface area contributed by atoms with Gasteiger partial charge in [-0.25, -0.2) is 9.63 Å². The molecule has 24 heavy (non-hydrogen) atoms. The molecule has 0 atom stereocenters. The van der Waals surface area contributed by atoms with Crippen LogP contribution in [0, 0.1) is 4.91 Å². The molecule has 2 aliphatic carbocycles. The van der Waals surface area contributed by atoms with E-state index in [1.54, 1.807) is 24.3 Å². The molecule has 0 N–H and O–H groups in total. The highest BCUT2D eigenvalue weighted by Gasteiger charge is 2.26. The molecule has 130 valence electrons. The largest absolute Gasteiger partial charge is 0.459 e. The van der Waals surface area contributed by atoms with Gasteiger partial charge in [-0.3, -0.25) is 0 Å². The fraction of sp³-hybridized carbons (Fsp3) is 0.632. The quantitative estimate of drug-likeness (QED) is 0.571. The second-order valence-corrected chi connectivity index (χ2v) is 6.83. The van der Waals surface area contributed by atoms with E-state index < -0.39 is 0 Å². The van der Waals surface area contributed by atoms with E-state index in [9.17, 15) is 9.70 Å². The molecule has 0 spiro atoms. The van der Waals surface area contributed by atoms with E-state index >= 15 is 0 Å². The zero-order valence-corrected chi connectivity index (χ0v) is 14.1. The van der Waals surface area contributed by atoms with Crippen molar-refractivity contribution < 1.29 is 19.3 Å². The Balaban J connectivity index is 1.53. The third kappa shape index (κ3) is 4.56. The first-order valence-electron chi connectivity index (χ1n) is 9.17. The highest BCUT2D eigenvalue weighted by Crippen LogP contribution is 2.24. The molecule has 0 radical (unpaired) electrons. The molecule has 0 aromatic heterocycles. The Morgan fingerprint density at radius 3 is 1.96 bits per heavy atom. The molecule has 2 aliphatic rings. The van der Waals surface area contributed by atoms with Crippen molar-refractivity contribution in [3.8, 4) is 0 Å². The first kappa shape index (κ1) is 16.9. The van der Waals surface area contributed by atoms with Crippen molar-refractivity contribution in [3.05, 3.63) is 34.7 Å². The van der Waals surface area contributed by atoms with Crippen LogP contribution in [-0.2, 0) is 9.57 Å². The van der Waals surface area contributed by atoms with Gasteiger partial charge in [-0.05, 0) is 63.5 Å². The summed E-state index contributed by atoms with van der Waals surface area (Å²) in [6.45, 7) is 0. The lowest BCUT2D eigenvalue weighted by Gasteiger charge is -2.21. The van der Waals surface area contributed by atoms with Gasteiger partial charge in [-0.15, -0.1) is 0 Å². The molecule has 0 aliphatic heterocycles. The Labute approximate surface area is 142 Å². The molecule has 2 fully saturated rings. The zero-order chi connectivity index (χ0) is 16.8. The van der Waals surface area contributed by atoms with Crippen molar-refractivity contribution in [1.29, 1.82) is 0 Å². The van der Waals surface area contributed by atoms with Gasteiger partial charge < -0.3 is 4.74 Å². The predicted octanol–water partition coefficient (Wildman–Crippen LogP) is 4.85. The molecule has 0 bridgehead atoms. The van der Waals surface area contributed by atoms with Crippen LogP contribution in [0.5, 0.6) is 0 Å². The molecule has 1 aromatic carbocycles. The maximum atomic E-state index is 12.2. The van der Waals surface area contributed by atoms with Crippen molar-refractivity contribution in [2.75, 3.05) is 0 Å². The Hall–Kier alpha value is -1.91. The maximum absolute atomic E-state index is 12.2. The van der Waals surface area contributed by atoms with Crippen LogP contribution in [0.15, 0.2) is 24.3 Å². The zero-order valence-electron chi connectivity index (χ0n) is 14.1. The summed E-state index contributed by atoms with van der Waals surface area (Å²) in [6.07, 6.45) is 10.7. The lowest BCUT2D eigenvalue weighted by Crippen LogP contribution is -2.21. The fourth-order valence-electron chi connectivity index (χ4n) is 3.49.